The van der Waals surface area contributed by atoms with Gasteiger partial charge in [0.2, 0.25) is 5.95 Å². The van der Waals surface area contributed by atoms with Crippen molar-refractivity contribution >= 4 is 39.3 Å². The topological polar surface area (TPSA) is 86.2 Å². The van der Waals surface area contributed by atoms with Crippen LogP contribution in [0.1, 0.15) is 16.7 Å². The lowest BCUT2D eigenvalue weighted by molar-refractivity contribution is 0.702. The first kappa shape index (κ1) is 20.8. The number of hydrogen-bond donors (Lipinski definition) is 1. The summed E-state index contributed by atoms with van der Waals surface area (Å²) in [7, 11) is 3.06. The van der Waals surface area contributed by atoms with Gasteiger partial charge in [0.15, 0.2) is 11.2 Å². The van der Waals surface area contributed by atoms with Gasteiger partial charge in [-0.2, -0.15) is 10.1 Å². The summed E-state index contributed by atoms with van der Waals surface area (Å²) in [5.74, 6) is 0.377. The minimum absolute atomic E-state index is 0.307. The summed E-state index contributed by atoms with van der Waals surface area (Å²) in [6, 6.07) is 15.7. The van der Waals surface area contributed by atoms with Crippen LogP contribution in [0.3, 0.4) is 0 Å². The molecule has 0 unspecified atom stereocenters. The van der Waals surface area contributed by atoms with E-state index < -0.39 is 11.2 Å². The number of aryl methyl sites for hydroxylation is 2. The first-order chi connectivity index (χ1) is 14.8. The molecule has 0 fully saturated rings. The lowest BCUT2D eigenvalue weighted by atomic mass is 10.1. The molecule has 4 aromatic rings. The van der Waals surface area contributed by atoms with Crippen LogP contribution in [0.4, 0.5) is 5.95 Å². The van der Waals surface area contributed by atoms with Crippen molar-refractivity contribution < 1.29 is 0 Å². The molecule has 4 rings (SSSR count). The van der Waals surface area contributed by atoms with Gasteiger partial charge < -0.3 is 0 Å². The third-order valence-corrected chi connectivity index (χ3v) is 5.59. The maximum atomic E-state index is 12.9. The average Bonchev–Trinajstić information content (AvgIpc) is 3.12. The molecule has 0 aliphatic carbocycles. The second-order valence-electron chi connectivity index (χ2n) is 7.31. The van der Waals surface area contributed by atoms with Crippen molar-refractivity contribution in [1.29, 1.82) is 0 Å². The predicted octanol–water partition coefficient (Wildman–Crippen LogP) is 3.00. The van der Waals surface area contributed by atoms with Crippen LogP contribution in [0.15, 0.2) is 67.7 Å². The Kier molecular flexibility index (Phi) is 5.60. The highest BCUT2D eigenvalue weighted by atomic mass is 79.9. The molecule has 8 nitrogen and oxygen atoms in total. The minimum Gasteiger partial charge on any atom is -0.298 e. The Morgan fingerprint density at radius 1 is 1.03 bits per heavy atom. The second-order valence-corrected chi connectivity index (χ2v) is 8.22. The Morgan fingerprint density at radius 2 is 1.71 bits per heavy atom. The monoisotopic (exact) mass is 480 g/mol. The van der Waals surface area contributed by atoms with Crippen LogP contribution in [0.25, 0.3) is 11.2 Å². The number of nitrogens with one attached hydrogen (secondary N) is 1. The Balaban J connectivity index is 1.80. The van der Waals surface area contributed by atoms with Crippen molar-refractivity contribution in [3.05, 3.63) is 90.5 Å². The number of benzene rings is 2. The molecule has 2 aromatic heterocycles. The molecule has 0 saturated heterocycles. The van der Waals surface area contributed by atoms with E-state index in [1.165, 1.54) is 11.6 Å². The van der Waals surface area contributed by atoms with Gasteiger partial charge in [0.25, 0.3) is 5.56 Å². The normalized spacial score (nSPS) is 11.5. The summed E-state index contributed by atoms with van der Waals surface area (Å²) < 4.78 is 5.19. The lowest BCUT2D eigenvalue weighted by Gasteiger charge is -2.09. The number of fused-ring (bicyclic) bond motifs is 1. The summed E-state index contributed by atoms with van der Waals surface area (Å²) in [5, 5.41) is 4.29. The van der Waals surface area contributed by atoms with E-state index in [2.05, 4.69) is 31.4 Å². The zero-order valence-corrected chi connectivity index (χ0v) is 18.9. The molecule has 158 valence electrons. The van der Waals surface area contributed by atoms with Gasteiger partial charge in [0, 0.05) is 18.6 Å². The van der Waals surface area contributed by atoms with E-state index in [1.54, 1.807) is 17.8 Å². The summed E-state index contributed by atoms with van der Waals surface area (Å²) in [6.07, 6.45) is 1.67. The molecule has 0 aliphatic rings. The summed E-state index contributed by atoms with van der Waals surface area (Å²) in [6.45, 7) is 2.42. The molecular formula is C22H21BrN6O2. The first-order valence-electron chi connectivity index (χ1n) is 9.61. The molecule has 0 bridgehead atoms. The SMILES string of the molecule is Cc1ccc(Cn2c(N/N=C/c3ccc(Br)cc3)nc3c2c(=O)n(C)c(=O)n3C)cc1. The summed E-state index contributed by atoms with van der Waals surface area (Å²) in [4.78, 5) is 29.8. The molecule has 2 heterocycles. The fourth-order valence-corrected chi connectivity index (χ4v) is 3.54. The molecule has 0 saturated carbocycles. The highest BCUT2D eigenvalue weighted by Gasteiger charge is 2.19. The van der Waals surface area contributed by atoms with E-state index in [0.29, 0.717) is 23.7 Å². The predicted molar refractivity (Wildman–Crippen MR) is 126 cm³/mol. The smallest absolute Gasteiger partial charge is 0.298 e. The van der Waals surface area contributed by atoms with Gasteiger partial charge in [-0.15, -0.1) is 0 Å². The van der Waals surface area contributed by atoms with E-state index in [-0.39, 0.29) is 0 Å². The first-order valence-corrected chi connectivity index (χ1v) is 10.4. The van der Waals surface area contributed by atoms with Crippen molar-refractivity contribution in [1.82, 2.24) is 18.7 Å². The number of aromatic nitrogens is 4. The van der Waals surface area contributed by atoms with Crippen LogP contribution in [0, 0.1) is 6.92 Å². The molecular weight excluding hydrogens is 460 g/mol. The van der Waals surface area contributed by atoms with Gasteiger partial charge >= 0.3 is 5.69 Å². The summed E-state index contributed by atoms with van der Waals surface area (Å²) >= 11 is 3.41. The zero-order valence-electron chi connectivity index (χ0n) is 17.3. The Hall–Kier alpha value is -3.46. The highest BCUT2D eigenvalue weighted by Crippen LogP contribution is 2.18. The molecule has 0 aliphatic heterocycles. The fraction of sp³-hybridized carbons (Fsp3) is 0.182. The summed E-state index contributed by atoms with van der Waals surface area (Å²) in [5.41, 5.74) is 5.81. The average molecular weight is 481 g/mol. The Bertz CT molecular complexity index is 1400. The molecule has 0 spiro atoms. The fourth-order valence-electron chi connectivity index (χ4n) is 3.28. The van der Waals surface area contributed by atoms with E-state index in [0.717, 1.165) is 25.7 Å². The molecule has 0 radical (unpaired) electrons. The standard InChI is InChI=1S/C22H21BrN6O2/c1-14-4-6-16(7-5-14)13-29-18-19(27(2)22(31)28(3)20(18)30)25-21(29)26-24-12-15-8-10-17(23)11-9-15/h4-12H,13H2,1-3H3,(H,25,26)/b24-12+. The highest BCUT2D eigenvalue weighted by molar-refractivity contribution is 9.10. The van der Waals surface area contributed by atoms with Gasteiger partial charge in [-0.25, -0.2) is 10.2 Å². The van der Waals surface area contributed by atoms with Crippen LogP contribution in [-0.4, -0.2) is 24.9 Å². The van der Waals surface area contributed by atoms with Crippen LogP contribution in [0.2, 0.25) is 0 Å². The molecule has 1 N–H and O–H groups in total. The minimum atomic E-state index is -0.428. The van der Waals surface area contributed by atoms with Crippen molar-refractivity contribution in [2.75, 3.05) is 5.43 Å². The number of rotatable bonds is 5. The number of anilines is 1. The number of imidazole rings is 1. The van der Waals surface area contributed by atoms with Crippen molar-refractivity contribution in [2.45, 2.75) is 13.5 Å². The maximum Gasteiger partial charge on any atom is 0.332 e. The Morgan fingerprint density at radius 3 is 2.39 bits per heavy atom. The molecule has 0 atom stereocenters. The molecule has 2 aromatic carbocycles. The molecule has 31 heavy (non-hydrogen) atoms. The van der Waals surface area contributed by atoms with Crippen LogP contribution in [0.5, 0.6) is 0 Å². The lowest BCUT2D eigenvalue weighted by Crippen LogP contribution is -2.37. The van der Waals surface area contributed by atoms with Crippen molar-refractivity contribution in [3.63, 3.8) is 0 Å². The largest absolute Gasteiger partial charge is 0.332 e. The van der Waals surface area contributed by atoms with E-state index in [1.807, 2.05) is 55.5 Å². The third-order valence-electron chi connectivity index (χ3n) is 5.06. The number of hydrogen-bond acceptors (Lipinski definition) is 5. The van der Waals surface area contributed by atoms with Crippen LogP contribution in [-0.2, 0) is 20.6 Å². The van der Waals surface area contributed by atoms with E-state index in [9.17, 15) is 9.59 Å². The third kappa shape index (κ3) is 4.09. The van der Waals surface area contributed by atoms with Crippen molar-refractivity contribution in [3.8, 4) is 0 Å². The van der Waals surface area contributed by atoms with E-state index >= 15 is 0 Å². The van der Waals surface area contributed by atoms with Gasteiger partial charge in [0.1, 0.15) is 0 Å². The van der Waals surface area contributed by atoms with Crippen molar-refractivity contribution in [2.24, 2.45) is 19.2 Å². The van der Waals surface area contributed by atoms with E-state index in [4.69, 9.17) is 0 Å². The number of halogens is 1. The maximum absolute atomic E-state index is 12.9. The van der Waals surface area contributed by atoms with Gasteiger partial charge in [-0.05, 0) is 30.2 Å². The van der Waals surface area contributed by atoms with Gasteiger partial charge in [-0.3, -0.25) is 18.5 Å². The van der Waals surface area contributed by atoms with Crippen LogP contribution >= 0.6 is 15.9 Å². The van der Waals surface area contributed by atoms with Gasteiger partial charge in [0.05, 0.1) is 12.8 Å². The Labute approximate surface area is 186 Å². The number of hydrazone groups is 1. The molecule has 9 heteroatoms. The van der Waals surface area contributed by atoms with Gasteiger partial charge in [-0.1, -0.05) is 57.9 Å². The second kappa shape index (κ2) is 8.35. The van der Waals surface area contributed by atoms with Crippen LogP contribution < -0.4 is 16.7 Å². The zero-order chi connectivity index (χ0) is 22.1. The number of nitrogens with zero attached hydrogens (tertiary/aromatic N) is 5. The molecule has 0 amide bonds. The quantitative estimate of drug-likeness (QED) is 0.351.